The number of nitrogens with two attached hydrogens (primary N) is 1. The van der Waals surface area contributed by atoms with E-state index in [-0.39, 0.29) is 12.0 Å². The Morgan fingerprint density at radius 3 is 2.45 bits per heavy atom. The first-order chi connectivity index (χ1) is 9.32. The van der Waals surface area contributed by atoms with E-state index in [2.05, 4.69) is 44.7 Å². The average Bonchev–Trinajstić information content (AvgIpc) is 2.36. The minimum absolute atomic E-state index is 0.125. The Kier molecular flexibility index (Phi) is 6.96. The minimum atomic E-state index is 0.125. The van der Waals surface area contributed by atoms with Crippen molar-refractivity contribution in [2.45, 2.75) is 46.1 Å². The Balaban J connectivity index is 2.70. The van der Waals surface area contributed by atoms with Gasteiger partial charge in [-0.3, -0.25) is 4.79 Å². The molecule has 0 aromatic heterocycles. The second kappa shape index (κ2) is 7.99. The SMILES string of the molecule is CC(C)CN(CCN(C)C)C(=O)C1CCCC(N)C1C. The Morgan fingerprint density at radius 1 is 1.25 bits per heavy atom. The second-order valence-corrected chi connectivity index (χ2v) is 7.04. The van der Waals surface area contributed by atoms with Crippen molar-refractivity contribution in [1.29, 1.82) is 0 Å². The molecule has 4 heteroatoms. The van der Waals surface area contributed by atoms with Crippen LogP contribution in [0.5, 0.6) is 0 Å². The maximum Gasteiger partial charge on any atom is 0.226 e. The molecule has 0 saturated heterocycles. The molecule has 1 aliphatic rings. The number of likely N-dealkylation sites (N-methyl/N-ethyl adjacent to an activating group) is 1. The molecule has 1 rings (SSSR count). The molecule has 3 unspecified atom stereocenters. The fraction of sp³-hybridized carbons (Fsp3) is 0.938. The molecule has 0 aliphatic heterocycles. The van der Waals surface area contributed by atoms with Crippen LogP contribution in [0.2, 0.25) is 0 Å². The van der Waals surface area contributed by atoms with Crippen LogP contribution < -0.4 is 5.73 Å². The molecule has 0 heterocycles. The molecular weight excluding hydrogens is 250 g/mol. The lowest BCUT2D eigenvalue weighted by atomic mass is 9.76. The van der Waals surface area contributed by atoms with Gasteiger partial charge in [-0.25, -0.2) is 0 Å². The van der Waals surface area contributed by atoms with Gasteiger partial charge in [0.2, 0.25) is 5.91 Å². The fourth-order valence-corrected chi connectivity index (χ4v) is 3.03. The van der Waals surface area contributed by atoms with Crippen molar-refractivity contribution in [3.05, 3.63) is 0 Å². The number of carbonyl (C=O) groups excluding carboxylic acids is 1. The summed E-state index contributed by atoms with van der Waals surface area (Å²) in [6.07, 6.45) is 3.15. The third-order valence-corrected chi connectivity index (χ3v) is 4.39. The Morgan fingerprint density at radius 2 is 1.90 bits per heavy atom. The largest absolute Gasteiger partial charge is 0.341 e. The molecule has 0 aromatic rings. The van der Waals surface area contributed by atoms with Gasteiger partial charge in [0.15, 0.2) is 0 Å². The maximum atomic E-state index is 12.9. The second-order valence-electron chi connectivity index (χ2n) is 7.04. The van der Waals surface area contributed by atoms with Crippen LogP contribution in [-0.2, 0) is 4.79 Å². The number of hydrogen-bond donors (Lipinski definition) is 1. The number of hydrogen-bond acceptors (Lipinski definition) is 3. The molecule has 3 atom stereocenters. The summed E-state index contributed by atoms with van der Waals surface area (Å²) in [4.78, 5) is 17.0. The lowest BCUT2D eigenvalue weighted by Crippen LogP contribution is -2.48. The fourth-order valence-electron chi connectivity index (χ4n) is 3.03. The van der Waals surface area contributed by atoms with Crippen LogP contribution in [-0.4, -0.2) is 55.5 Å². The first kappa shape index (κ1) is 17.4. The van der Waals surface area contributed by atoms with E-state index in [1.807, 2.05) is 0 Å². The van der Waals surface area contributed by atoms with Crippen LogP contribution in [0.3, 0.4) is 0 Å². The van der Waals surface area contributed by atoms with Crippen molar-refractivity contribution in [2.24, 2.45) is 23.5 Å². The molecule has 1 aliphatic carbocycles. The van der Waals surface area contributed by atoms with E-state index in [1.165, 1.54) is 0 Å². The average molecular weight is 283 g/mol. The van der Waals surface area contributed by atoms with E-state index in [0.29, 0.717) is 17.7 Å². The van der Waals surface area contributed by atoms with E-state index in [1.54, 1.807) is 0 Å². The molecule has 20 heavy (non-hydrogen) atoms. The monoisotopic (exact) mass is 283 g/mol. The van der Waals surface area contributed by atoms with Crippen LogP contribution in [0.15, 0.2) is 0 Å². The Bertz CT molecular complexity index is 304. The molecule has 4 nitrogen and oxygen atoms in total. The van der Waals surface area contributed by atoms with E-state index >= 15 is 0 Å². The Hall–Kier alpha value is -0.610. The van der Waals surface area contributed by atoms with Crippen LogP contribution in [0.4, 0.5) is 0 Å². The van der Waals surface area contributed by atoms with Gasteiger partial charge in [0.05, 0.1) is 0 Å². The molecule has 0 radical (unpaired) electrons. The topological polar surface area (TPSA) is 49.6 Å². The van der Waals surface area contributed by atoms with E-state index in [0.717, 1.165) is 38.9 Å². The zero-order valence-corrected chi connectivity index (χ0v) is 13.9. The third kappa shape index (κ3) is 5.06. The highest BCUT2D eigenvalue weighted by atomic mass is 16.2. The van der Waals surface area contributed by atoms with E-state index < -0.39 is 0 Å². The molecular formula is C16H33N3O. The molecule has 1 saturated carbocycles. The number of nitrogens with zero attached hydrogens (tertiary/aromatic N) is 2. The molecule has 2 N–H and O–H groups in total. The zero-order valence-electron chi connectivity index (χ0n) is 13.9. The number of rotatable bonds is 6. The van der Waals surface area contributed by atoms with E-state index in [4.69, 9.17) is 5.73 Å². The van der Waals surface area contributed by atoms with Crippen molar-refractivity contribution in [1.82, 2.24) is 9.80 Å². The highest BCUT2D eigenvalue weighted by molar-refractivity contribution is 5.79. The van der Waals surface area contributed by atoms with Gasteiger partial charge in [0, 0.05) is 31.6 Å². The molecule has 118 valence electrons. The number of amides is 1. The van der Waals surface area contributed by atoms with Crippen molar-refractivity contribution >= 4 is 5.91 Å². The quantitative estimate of drug-likeness (QED) is 0.808. The predicted octanol–water partition coefficient (Wildman–Crippen LogP) is 1.80. The van der Waals surface area contributed by atoms with Crippen LogP contribution in [0.1, 0.15) is 40.0 Å². The lowest BCUT2D eigenvalue weighted by Gasteiger charge is -2.37. The minimum Gasteiger partial charge on any atom is -0.341 e. The van der Waals surface area contributed by atoms with Gasteiger partial charge >= 0.3 is 0 Å². The van der Waals surface area contributed by atoms with Gasteiger partial charge in [0.25, 0.3) is 0 Å². The Labute approximate surface area is 124 Å². The molecule has 1 fully saturated rings. The molecule has 1 amide bonds. The van der Waals surface area contributed by atoms with Gasteiger partial charge in [-0.2, -0.15) is 0 Å². The van der Waals surface area contributed by atoms with Gasteiger partial charge in [0.1, 0.15) is 0 Å². The summed E-state index contributed by atoms with van der Waals surface area (Å²) in [7, 11) is 4.11. The maximum absolute atomic E-state index is 12.9. The van der Waals surface area contributed by atoms with E-state index in [9.17, 15) is 4.79 Å². The van der Waals surface area contributed by atoms with Crippen molar-refractivity contribution < 1.29 is 4.79 Å². The first-order valence-electron chi connectivity index (χ1n) is 8.02. The summed E-state index contributed by atoms with van der Waals surface area (Å²) in [5.74, 6) is 1.27. The number of carbonyl (C=O) groups is 1. The van der Waals surface area contributed by atoms with Gasteiger partial charge in [-0.15, -0.1) is 0 Å². The molecule has 0 spiro atoms. The summed E-state index contributed by atoms with van der Waals surface area (Å²) in [6, 6.07) is 0.187. The van der Waals surface area contributed by atoms with Gasteiger partial charge in [-0.1, -0.05) is 27.2 Å². The predicted molar refractivity (Wildman–Crippen MR) is 84.5 cm³/mol. The summed E-state index contributed by atoms with van der Waals surface area (Å²) in [5.41, 5.74) is 6.15. The first-order valence-corrected chi connectivity index (χ1v) is 8.02. The third-order valence-electron chi connectivity index (χ3n) is 4.39. The van der Waals surface area contributed by atoms with Crippen molar-refractivity contribution in [3.63, 3.8) is 0 Å². The summed E-state index contributed by atoms with van der Waals surface area (Å²) < 4.78 is 0. The van der Waals surface area contributed by atoms with Gasteiger partial charge in [-0.05, 0) is 38.8 Å². The highest BCUT2D eigenvalue weighted by Crippen LogP contribution is 2.30. The summed E-state index contributed by atoms with van der Waals surface area (Å²) in [6.45, 7) is 9.09. The molecule has 0 bridgehead atoms. The zero-order chi connectivity index (χ0) is 15.3. The van der Waals surface area contributed by atoms with Gasteiger partial charge < -0.3 is 15.5 Å². The van der Waals surface area contributed by atoms with Crippen LogP contribution in [0.25, 0.3) is 0 Å². The standard InChI is InChI=1S/C16H33N3O/c1-12(2)11-19(10-9-18(4)5)16(20)14-7-6-8-15(17)13(14)3/h12-15H,6-11,17H2,1-5H3. The summed E-state index contributed by atoms with van der Waals surface area (Å²) in [5, 5.41) is 0. The van der Waals surface area contributed by atoms with Crippen molar-refractivity contribution in [3.8, 4) is 0 Å². The normalized spacial score (nSPS) is 27.1. The highest BCUT2D eigenvalue weighted by Gasteiger charge is 2.35. The molecule has 0 aromatic carbocycles. The van der Waals surface area contributed by atoms with Crippen molar-refractivity contribution in [2.75, 3.05) is 33.7 Å². The summed E-state index contributed by atoms with van der Waals surface area (Å²) >= 11 is 0. The van der Waals surface area contributed by atoms with Crippen LogP contribution >= 0.6 is 0 Å². The van der Waals surface area contributed by atoms with Crippen LogP contribution in [0, 0.1) is 17.8 Å². The smallest absolute Gasteiger partial charge is 0.226 e. The lowest BCUT2D eigenvalue weighted by molar-refractivity contribution is -0.139.